The number of benzene rings is 1. The lowest BCUT2D eigenvalue weighted by Crippen LogP contribution is -2.45. The van der Waals surface area contributed by atoms with Crippen molar-refractivity contribution in [2.24, 2.45) is 0 Å². The summed E-state index contributed by atoms with van der Waals surface area (Å²) in [5, 5.41) is 8.71. The summed E-state index contributed by atoms with van der Waals surface area (Å²) in [4.78, 5) is 10.6. The van der Waals surface area contributed by atoms with Crippen molar-refractivity contribution in [3.05, 3.63) is 42.0 Å². The fourth-order valence-corrected chi connectivity index (χ4v) is 1.96. The quantitative estimate of drug-likeness (QED) is 0.810. The predicted molar refractivity (Wildman–Crippen MR) is 66.9 cm³/mol. The summed E-state index contributed by atoms with van der Waals surface area (Å²) in [6, 6.07) is 7.71. The highest BCUT2D eigenvalue weighted by atomic mass is 16.5. The molecule has 1 saturated heterocycles. The van der Waals surface area contributed by atoms with Crippen molar-refractivity contribution in [3.63, 3.8) is 0 Å². The molecule has 0 saturated carbocycles. The van der Waals surface area contributed by atoms with Crippen LogP contribution in [-0.4, -0.2) is 30.9 Å². The van der Waals surface area contributed by atoms with Gasteiger partial charge in [0.15, 0.2) is 0 Å². The Morgan fingerprint density at radius 2 is 2.11 bits per heavy atom. The minimum Gasteiger partial charge on any atom is -0.494 e. The van der Waals surface area contributed by atoms with E-state index in [1.54, 1.807) is 6.08 Å². The van der Waals surface area contributed by atoms with E-state index in [-0.39, 0.29) is 5.41 Å². The predicted octanol–water partition coefficient (Wildman–Crippen LogP) is 1.99. The first kappa shape index (κ1) is 12.6. The lowest BCUT2D eigenvalue weighted by atomic mass is 9.78. The largest absolute Gasteiger partial charge is 0.494 e. The third-order valence-electron chi connectivity index (χ3n) is 3.00. The molecule has 1 aliphatic heterocycles. The molecular formula is C14H16O4. The monoisotopic (exact) mass is 248 g/mol. The third-order valence-corrected chi connectivity index (χ3v) is 3.00. The second-order valence-corrected chi connectivity index (χ2v) is 4.28. The Hall–Kier alpha value is -1.81. The first-order valence-corrected chi connectivity index (χ1v) is 5.89. The van der Waals surface area contributed by atoms with E-state index >= 15 is 0 Å². The third kappa shape index (κ3) is 2.54. The van der Waals surface area contributed by atoms with Gasteiger partial charge in [-0.2, -0.15) is 0 Å². The zero-order valence-corrected chi connectivity index (χ0v) is 10.3. The van der Waals surface area contributed by atoms with Crippen LogP contribution in [0.1, 0.15) is 12.5 Å². The molecule has 4 heteroatoms. The van der Waals surface area contributed by atoms with Gasteiger partial charge < -0.3 is 14.6 Å². The van der Waals surface area contributed by atoms with Crippen molar-refractivity contribution in [2.75, 3.05) is 19.8 Å². The number of hydrogen-bond donors (Lipinski definition) is 1. The fourth-order valence-electron chi connectivity index (χ4n) is 1.96. The Labute approximate surface area is 106 Å². The summed E-state index contributed by atoms with van der Waals surface area (Å²) in [5.74, 6) is -0.119. The highest BCUT2D eigenvalue weighted by Crippen LogP contribution is 2.34. The number of ether oxygens (including phenoxy) is 2. The lowest BCUT2D eigenvalue weighted by molar-refractivity contribution is -0.131. The second-order valence-electron chi connectivity index (χ2n) is 4.28. The second kappa shape index (κ2) is 5.23. The molecular weight excluding hydrogens is 232 g/mol. The molecule has 1 aromatic carbocycles. The Morgan fingerprint density at radius 1 is 1.44 bits per heavy atom. The van der Waals surface area contributed by atoms with Gasteiger partial charge in [0.2, 0.25) is 0 Å². The number of rotatable bonds is 5. The molecule has 0 spiro atoms. The first-order chi connectivity index (χ1) is 8.66. The topological polar surface area (TPSA) is 55.8 Å². The normalized spacial score (nSPS) is 17.4. The molecule has 1 N–H and O–H groups in total. The summed E-state index contributed by atoms with van der Waals surface area (Å²) >= 11 is 0. The highest BCUT2D eigenvalue weighted by molar-refractivity contribution is 5.80. The zero-order valence-electron chi connectivity index (χ0n) is 10.3. The van der Waals surface area contributed by atoms with E-state index in [4.69, 9.17) is 14.6 Å². The smallest absolute Gasteiger partial charge is 0.328 e. The van der Waals surface area contributed by atoms with Crippen LogP contribution in [0, 0.1) is 0 Å². The van der Waals surface area contributed by atoms with E-state index in [1.807, 2.05) is 31.2 Å². The number of carboxylic acids is 1. The van der Waals surface area contributed by atoms with Crippen LogP contribution in [-0.2, 0) is 14.9 Å². The zero-order chi connectivity index (χ0) is 13.0. The SMILES string of the molecule is CCOc1ccc(C2(/C=C/C(=O)O)COC2)cc1. The van der Waals surface area contributed by atoms with Crippen molar-refractivity contribution in [3.8, 4) is 5.75 Å². The van der Waals surface area contributed by atoms with Crippen LogP contribution in [0.25, 0.3) is 0 Å². The molecule has 1 aromatic rings. The molecule has 0 amide bonds. The molecule has 1 fully saturated rings. The van der Waals surface area contributed by atoms with E-state index in [0.29, 0.717) is 19.8 Å². The molecule has 96 valence electrons. The average molecular weight is 248 g/mol. The number of carboxylic acid groups (broad SMARTS) is 1. The highest BCUT2D eigenvalue weighted by Gasteiger charge is 2.38. The fraction of sp³-hybridized carbons (Fsp3) is 0.357. The van der Waals surface area contributed by atoms with Gasteiger partial charge in [-0.05, 0) is 24.6 Å². The van der Waals surface area contributed by atoms with Crippen molar-refractivity contribution in [2.45, 2.75) is 12.3 Å². The van der Waals surface area contributed by atoms with E-state index in [1.165, 1.54) is 6.08 Å². The molecule has 0 unspecified atom stereocenters. The molecule has 0 atom stereocenters. The van der Waals surface area contributed by atoms with Crippen LogP contribution in [0.3, 0.4) is 0 Å². The summed E-state index contributed by atoms with van der Waals surface area (Å²) in [6.45, 7) is 3.60. The molecule has 0 aromatic heterocycles. The van der Waals surface area contributed by atoms with Crippen molar-refractivity contribution in [1.82, 2.24) is 0 Å². The average Bonchev–Trinajstić information content (AvgIpc) is 2.30. The van der Waals surface area contributed by atoms with Gasteiger partial charge in [-0.3, -0.25) is 0 Å². The van der Waals surface area contributed by atoms with Gasteiger partial charge in [-0.25, -0.2) is 4.79 Å². The Balaban J connectivity index is 2.19. The maximum Gasteiger partial charge on any atom is 0.328 e. The molecule has 1 heterocycles. The van der Waals surface area contributed by atoms with Crippen LogP contribution in [0.4, 0.5) is 0 Å². The molecule has 0 bridgehead atoms. The Kier molecular flexibility index (Phi) is 3.67. The minimum atomic E-state index is -0.938. The molecule has 2 rings (SSSR count). The van der Waals surface area contributed by atoms with Gasteiger partial charge in [-0.15, -0.1) is 0 Å². The van der Waals surface area contributed by atoms with Crippen molar-refractivity contribution in [1.29, 1.82) is 0 Å². The van der Waals surface area contributed by atoms with E-state index < -0.39 is 5.97 Å². The maximum atomic E-state index is 10.6. The van der Waals surface area contributed by atoms with E-state index in [9.17, 15) is 4.79 Å². The summed E-state index contributed by atoms with van der Waals surface area (Å²) in [5.41, 5.74) is 0.748. The van der Waals surface area contributed by atoms with Crippen molar-refractivity contribution >= 4 is 5.97 Å². The van der Waals surface area contributed by atoms with E-state index in [0.717, 1.165) is 11.3 Å². The number of carbonyl (C=O) groups is 1. The van der Waals surface area contributed by atoms with Crippen LogP contribution in [0.2, 0.25) is 0 Å². The van der Waals surface area contributed by atoms with Gasteiger partial charge in [0.25, 0.3) is 0 Å². The van der Waals surface area contributed by atoms with Gasteiger partial charge in [0, 0.05) is 6.08 Å². The van der Waals surface area contributed by atoms with Gasteiger partial charge >= 0.3 is 5.97 Å². The van der Waals surface area contributed by atoms with Gasteiger partial charge in [0.05, 0.1) is 25.2 Å². The molecule has 1 aliphatic rings. The molecule has 18 heavy (non-hydrogen) atoms. The van der Waals surface area contributed by atoms with Crippen LogP contribution >= 0.6 is 0 Å². The van der Waals surface area contributed by atoms with E-state index in [2.05, 4.69) is 0 Å². The number of aliphatic carboxylic acids is 1. The maximum absolute atomic E-state index is 10.6. The summed E-state index contributed by atoms with van der Waals surface area (Å²) < 4.78 is 10.6. The summed E-state index contributed by atoms with van der Waals surface area (Å²) in [6.07, 6.45) is 2.88. The Morgan fingerprint density at radius 3 is 2.56 bits per heavy atom. The van der Waals surface area contributed by atoms with Crippen LogP contribution in [0.5, 0.6) is 5.75 Å². The van der Waals surface area contributed by atoms with Gasteiger partial charge in [0.1, 0.15) is 5.75 Å². The standard InChI is InChI=1S/C14H16O4/c1-2-18-12-5-3-11(4-6-12)14(9-17-10-14)8-7-13(15)16/h3-8H,2,9-10H2,1H3,(H,15,16)/b8-7+. The first-order valence-electron chi connectivity index (χ1n) is 5.89. The molecule has 0 radical (unpaired) electrons. The van der Waals surface area contributed by atoms with Crippen molar-refractivity contribution < 1.29 is 19.4 Å². The van der Waals surface area contributed by atoms with Gasteiger partial charge in [-0.1, -0.05) is 18.2 Å². The molecule has 0 aliphatic carbocycles. The van der Waals surface area contributed by atoms with Crippen LogP contribution < -0.4 is 4.74 Å². The minimum absolute atomic E-state index is 0.302. The van der Waals surface area contributed by atoms with Crippen LogP contribution in [0.15, 0.2) is 36.4 Å². The molecule has 4 nitrogen and oxygen atoms in total. The lowest BCUT2D eigenvalue weighted by Gasteiger charge is -2.39. The number of hydrogen-bond acceptors (Lipinski definition) is 3. The Bertz CT molecular complexity index is 443. The summed E-state index contributed by atoms with van der Waals surface area (Å²) in [7, 11) is 0.